The van der Waals surface area contributed by atoms with E-state index in [4.69, 9.17) is 0 Å². The van der Waals surface area contributed by atoms with Crippen LogP contribution in [0.25, 0.3) is 15.3 Å². The molecular formula is C25H24N4O2S2. The van der Waals surface area contributed by atoms with Crippen molar-refractivity contribution in [2.75, 3.05) is 6.54 Å². The minimum Gasteiger partial charge on any atom is -0.350 e. The van der Waals surface area contributed by atoms with E-state index in [1.165, 1.54) is 0 Å². The summed E-state index contributed by atoms with van der Waals surface area (Å²) in [5.41, 5.74) is 3.42. The predicted octanol–water partition coefficient (Wildman–Crippen LogP) is 4.77. The standard InChI is InChI=1S/C25H24N4O2S2/c1-14-4-3-5-16(10-14)22-21(27-15(2)33-22)24(31)29-18(11-17-12-20(17)29)13-26-23(30)19-6-7-28-8-9-32-25(19)28/h3-10,17-18,20H,11-13H2,1-2H3,(H,26,30)/t17?,18?,20-/m0/s1. The van der Waals surface area contributed by atoms with Crippen LogP contribution in [0.2, 0.25) is 0 Å². The first kappa shape index (κ1) is 20.6. The summed E-state index contributed by atoms with van der Waals surface area (Å²) in [5, 5.41) is 5.95. The van der Waals surface area contributed by atoms with Crippen molar-refractivity contribution in [2.45, 2.75) is 38.8 Å². The van der Waals surface area contributed by atoms with Gasteiger partial charge in [-0.3, -0.25) is 9.59 Å². The Kier molecular flexibility index (Phi) is 4.88. The molecule has 2 fully saturated rings. The summed E-state index contributed by atoms with van der Waals surface area (Å²) in [6.07, 6.45) is 5.83. The fraction of sp³-hybridized carbons (Fsp3) is 0.320. The fourth-order valence-electron chi connectivity index (χ4n) is 5.05. The van der Waals surface area contributed by atoms with E-state index in [2.05, 4.69) is 29.4 Å². The van der Waals surface area contributed by atoms with Crippen LogP contribution in [0.5, 0.6) is 0 Å². The number of fused-ring (bicyclic) bond motifs is 2. The molecule has 1 aliphatic carbocycles. The highest BCUT2D eigenvalue weighted by atomic mass is 32.1. The third-order valence-corrected chi connectivity index (χ3v) is 8.60. The number of likely N-dealkylation sites (tertiary alicyclic amines) is 1. The Labute approximate surface area is 199 Å². The molecule has 168 valence electrons. The second-order valence-corrected chi connectivity index (χ2v) is 11.1. The van der Waals surface area contributed by atoms with Gasteiger partial charge in [0.1, 0.15) is 10.5 Å². The lowest BCUT2D eigenvalue weighted by molar-refractivity contribution is 0.0684. The molecule has 3 aromatic heterocycles. The monoisotopic (exact) mass is 476 g/mol. The topological polar surface area (TPSA) is 66.7 Å². The van der Waals surface area contributed by atoms with E-state index in [1.54, 1.807) is 22.7 Å². The Morgan fingerprint density at radius 3 is 2.91 bits per heavy atom. The Hall–Kier alpha value is -2.97. The van der Waals surface area contributed by atoms with E-state index in [1.807, 2.05) is 52.2 Å². The number of carbonyl (C=O) groups is 2. The molecule has 4 heterocycles. The molecule has 0 spiro atoms. The van der Waals surface area contributed by atoms with Gasteiger partial charge in [0.2, 0.25) is 0 Å². The molecule has 0 bridgehead atoms. The molecule has 2 unspecified atom stereocenters. The maximum atomic E-state index is 13.8. The number of thiazole rings is 2. The maximum Gasteiger partial charge on any atom is 0.274 e. The molecule has 0 radical (unpaired) electrons. The van der Waals surface area contributed by atoms with Crippen LogP contribution in [-0.2, 0) is 0 Å². The zero-order valence-corrected chi connectivity index (χ0v) is 20.1. The number of benzene rings is 1. The first-order valence-electron chi connectivity index (χ1n) is 11.2. The van der Waals surface area contributed by atoms with Gasteiger partial charge in [0.25, 0.3) is 11.8 Å². The second-order valence-electron chi connectivity index (χ2n) is 9.00. The molecule has 33 heavy (non-hydrogen) atoms. The first-order chi connectivity index (χ1) is 16.0. The molecule has 1 aromatic carbocycles. The molecule has 1 saturated heterocycles. The molecule has 1 N–H and O–H groups in total. The zero-order chi connectivity index (χ0) is 22.7. The lowest BCUT2D eigenvalue weighted by atomic mass is 10.1. The number of carbonyl (C=O) groups excluding carboxylic acids is 2. The normalized spacial score (nSPS) is 21.4. The Morgan fingerprint density at radius 2 is 2.06 bits per heavy atom. The quantitative estimate of drug-likeness (QED) is 0.451. The summed E-state index contributed by atoms with van der Waals surface area (Å²) in [7, 11) is 0. The summed E-state index contributed by atoms with van der Waals surface area (Å²) >= 11 is 3.12. The third kappa shape index (κ3) is 3.57. The van der Waals surface area contributed by atoms with Gasteiger partial charge in [-0.2, -0.15) is 0 Å². The van der Waals surface area contributed by atoms with E-state index in [9.17, 15) is 9.59 Å². The number of aryl methyl sites for hydroxylation is 2. The van der Waals surface area contributed by atoms with Gasteiger partial charge < -0.3 is 14.6 Å². The largest absolute Gasteiger partial charge is 0.350 e. The van der Waals surface area contributed by atoms with Crippen LogP contribution < -0.4 is 5.32 Å². The van der Waals surface area contributed by atoms with Crippen molar-refractivity contribution in [3.05, 3.63) is 69.9 Å². The number of amides is 2. The van der Waals surface area contributed by atoms with Crippen molar-refractivity contribution < 1.29 is 9.59 Å². The van der Waals surface area contributed by atoms with Gasteiger partial charge in [0, 0.05) is 30.4 Å². The fourth-order valence-corrected chi connectivity index (χ4v) is 6.81. The highest BCUT2D eigenvalue weighted by Crippen LogP contribution is 2.48. The van der Waals surface area contributed by atoms with Gasteiger partial charge >= 0.3 is 0 Å². The maximum absolute atomic E-state index is 13.8. The van der Waals surface area contributed by atoms with E-state index >= 15 is 0 Å². The highest BCUT2D eigenvalue weighted by Gasteiger charge is 2.54. The van der Waals surface area contributed by atoms with Crippen LogP contribution in [0.1, 0.15) is 44.3 Å². The van der Waals surface area contributed by atoms with E-state index in [0.29, 0.717) is 23.7 Å². The molecule has 2 amide bonds. The molecular weight excluding hydrogens is 452 g/mol. The Bertz CT molecular complexity index is 1380. The summed E-state index contributed by atoms with van der Waals surface area (Å²) in [6, 6.07) is 10.3. The minimum atomic E-state index is -0.0853. The van der Waals surface area contributed by atoms with Crippen LogP contribution in [0.15, 0.2) is 48.1 Å². The highest BCUT2D eigenvalue weighted by molar-refractivity contribution is 7.16. The number of piperidine rings is 1. The van der Waals surface area contributed by atoms with Gasteiger partial charge in [0.15, 0.2) is 0 Å². The zero-order valence-electron chi connectivity index (χ0n) is 18.4. The molecule has 1 aliphatic heterocycles. The van der Waals surface area contributed by atoms with Crippen LogP contribution in [-0.4, -0.2) is 44.7 Å². The van der Waals surface area contributed by atoms with Gasteiger partial charge in [-0.1, -0.05) is 29.8 Å². The van der Waals surface area contributed by atoms with Gasteiger partial charge in [0.05, 0.1) is 21.5 Å². The molecule has 6 rings (SSSR count). The Balaban J connectivity index is 1.23. The Morgan fingerprint density at radius 1 is 1.18 bits per heavy atom. The molecule has 6 nitrogen and oxygen atoms in total. The van der Waals surface area contributed by atoms with Gasteiger partial charge in [-0.25, -0.2) is 4.98 Å². The van der Waals surface area contributed by atoms with Crippen LogP contribution in [0.4, 0.5) is 0 Å². The van der Waals surface area contributed by atoms with Crippen molar-refractivity contribution in [2.24, 2.45) is 5.92 Å². The smallest absolute Gasteiger partial charge is 0.274 e. The van der Waals surface area contributed by atoms with Crippen molar-refractivity contribution in [1.82, 2.24) is 19.6 Å². The number of aromatic nitrogens is 2. The molecule has 3 atom stereocenters. The second kappa shape index (κ2) is 7.81. The summed E-state index contributed by atoms with van der Waals surface area (Å²) in [6.45, 7) is 4.47. The van der Waals surface area contributed by atoms with Crippen LogP contribution >= 0.6 is 22.7 Å². The van der Waals surface area contributed by atoms with Crippen molar-refractivity contribution in [1.29, 1.82) is 0 Å². The summed E-state index contributed by atoms with van der Waals surface area (Å²) < 4.78 is 1.96. The molecule has 4 aromatic rings. The predicted molar refractivity (Wildman–Crippen MR) is 131 cm³/mol. The minimum absolute atomic E-state index is 0.000919. The van der Waals surface area contributed by atoms with Crippen molar-refractivity contribution >= 4 is 39.3 Å². The molecule has 1 saturated carbocycles. The molecule has 2 aliphatic rings. The first-order valence-corrected chi connectivity index (χ1v) is 12.9. The average Bonchev–Trinajstić information content (AvgIpc) is 3.21. The number of nitrogens with one attached hydrogen (secondary N) is 1. The lowest BCUT2D eigenvalue weighted by Crippen LogP contribution is -2.45. The third-order valence-electron chi connectivity index (χ3n) is 6.67. The van der Waals surface area contributed by atoms with E-state index in [-0.39, 0.29) is 23.9 Å². The number of nitrogens with zero attached hydrogens (tertiary/aromatic N) is 3. The summed E-state index contributed by atoms with van der Waals surface area (Å²) in [5.74, 6) is 0.444. The summed E-state index contributed by atoms with van der Waals surface area (Å²) in [4.78, 5) is 35.1. The van der Waals surface area contributed by atoms with Crippen LogP contribution in [0, 0.1) is 19.8 Å². The number of hydrogen-bond acceptors (Lipinski definition) is 5. The van der Waals surface area contributed by atoms with E-state index in [0.717, 1.165) is 38.7 Å². The van der Waals surface area contributed by atoms with Crippen LogP contribution in [0.3, 0.4) is 0 Å². The van der Waals surface area contributed by atoms with Crippen molar-refractivity contribution in [3.63, 3.8) is 0 Å². The van der Waals surface area contributed by atoms with Gasteiger partial charge in [-0.05, 0) is 44.2 Å². The van der Waals surface area contributed by atoms with Crippen molar-refractivity contribution in [3.8, 4) is 10.4 Å². The number of rotatable bonds is 5. The van der Waals surface area contributed by atoms with E-state index < -0.39 is 0 Å². The average molecular weight is 477 g/mol. The SMILES string of the molecule is Cc1cccc(-c2sc(C)nc2C(=O)N2C(CNC(=O)c3ccn4ccsc34)CC3C[C@@H]32)c1. The lowest BCUT2D eigenvalue weighted by Gasteiger charge is -2.27. The number of hydrogen-bond donors (Lipinski definition) is 1. The molecule has 8 heteroatoms. The van der Waals surface area contributed by atoms with Gasteiger partial charge in [-0.15, -0.1) is 22.7 Å².